The number of carbonyl (C=O) groups excluding carboxylic acids is 1. The van der Waals surface area contributed by atoms with E-state index in [4.69, 9.17) is 0 Å². The van der Waals surface area contributed by atoms with Crippen LogP contribution in [0, 0.1) is 12.8 Å². The lowest BCUT2D eigenvalue weighted by Crippen LogP contribution is -2.34. The summed E-state index contributed by atoms with van der Waals surface area (Å²) in [6.07, 6.45) is 1.82. The first-order chi connectivity index (χ1) is 8.58. The predicted molar refractivity (Wildman–Crippen MR) is 80.8 cm³/mol. The van der Waals surface area contributed by atoms with Crippen LogP contribution >= 0.6 is 31.9 Å². The highest BCUT2D eigenvalue weighted by Crippen LogP contribution is 2.33. The molecule has 1 aromatic rings. The summed E-state index contributed by atoms with van der Waals surface area (Å²) in [5, 5.41) is 6.28. The summed E-state index contributed by atoms with van der Waals surface area (Å²) >= 11 is 6.99. The average molecular weight is 376 g/mol. The van der Waals surface area contributed by atoms with Gasteiger partial charge < -0.3 is 10.6 Å². The fourth-order valence-electron chi connectivity index (χ4n) is 2.13. The number of hydrogen-bond donors (Lipinski definition) is 2. The van der Waals surface area contributed by atoms with Crippen molar-refractivity contribution in [2.45, 2.75) is 19.8 Å². The van der Waals surface area contributed by atoms with E-state index < -0.39 is 0 Å². The summed E-state index contributed by atoms with van der Waals surface area (Å²) in [5.74, 6) is 0.230. The number of hydrogen-bond acceptors (Lipinski definition) is 2. The average Bonchev–Trinajstić information content (AvgIpc) is 2.34. The molecule has 1 saturated heterocycles. The smallest absolute Gasteiger partial charge is 0.227 e. The fourth-order valence-corrected chi connectivity index (χ4v) is 3.74. The van der Waals surface area contributed by atoms with E-state index >= 15 is 0 Å². The maximum atomic E-state index is 12.2. The molecule has 0 bridgehead atoms. The molecule has 0 aliphatic carbocycles. The van der Waals surface area contributed by atoms with E-state index in [-0.39, 0.29) is 11.8 Å². The molecule has 0 unspecified atom stereocenters. The number of amides is 1. The van der Waals surface area contributed by atoms with Gasteiger partial charge in [-0.1, -0.05) is 0 Å². The Morgan fingerprint density at radius 3 is 2.39 bits per heavy atom. The fraction of sp³-hybridized carbons (Fsp3) is 0.462. The SMILES string of the molecule is Cc1cc(Br)c(NC(=O)C2CCNCC2)c(Br)c1. The molecular weight excluding hydrogens is 360 g/mol. The molecule has 0 spiro atoms. The number of piperidine rings is 1. The van der Waals surface area contributed by atoms with E-state index in [2.05, 4.69) is 42.5 Å². The first-order valence-electron chi connectivity index (χ1n) is 6.05. The van der Waals surface area contributed by atoms with Gasteiger partial charge in [-0.25, -0.2) is 0 Å². The van der Waals surface area contributed by atoms with E-state index in [9.17, 15) is 4.79 Å². The van der Waals surface area contributed by atoms with Gasteiger partial charge in [0.05, 0.1) is 5.69 Å². The largest absolute Gasteiger partial charge is 0.324 e. The normalized spacial score (nSPS) is 16.6. The monoisotopic (exact) mass is 374 g/mol. The molecule has 2 rings (SSSR count). The molecule has 1 aromatic carbocycles. The Kier molecular flexibility index (Phi) is 4.81. The standard InChI is InChI=1S/C13H16Br2N2O/c1-8-6-10(14)12(11(15)7-8)17-13(18)9-2-4-16-5-3-9/h6-7,9,16H,2-5H2,1H3,(H,17,18). The molecule has 5 heteroatoms. The minimum atomic E-state index is 0.113. The van der Waals surface area contributed by atoms with Crippen LogP contribution in [0.1, 0.15) is 18.4 Å². The molecule has 0 aromatic heterocycles. The molecule has 2 N–H and O–H groups in total. The van der Waals surface area contributed by atoms with Gasteiger partial charge in [-0.05, 0) is 82.4 Å². The lowest BCUT2D eigenvalue weighted by Gasteiger charge is -2.22. The van der Waals surface area contributed by atoms with E-state index in [0.717, 1.165) is 46.1 Å². The Hall–Kier alpha value is -0.390. The molecular formula is C13H16Br2N2O. The number of anilines is 1. The highest BCUT2D eigenvalue weighted by molar-refractivity contribution is 9.11. The summed E-state index contributed by atoms with van der Waals surface area (Å²) in [5.41, 5.74) is 1.97. The number of halogens is 2. The van der Waals surface area contributed by atoms with Gasteiger partial charge in [0.2, 0.25) is 5.91 Å². The van der Waals surface area contributed by atoms with Crippen LogP contribution in [0.2, 0.25) is 0 Å². The topological polar surface area (TPSA) is 41.1 Å². The lowest BCUT2D eigenvalue weighted by atomic mass is 9.97. The Bertz CT molecular complexity index is 433. The minimum absolute atomic E-state index is 0.113. The Balaban J connectivity index is 2.11. The maximum absolute atomic E-state index is 12.2. The van der Waals surface area contributed by atoms with Crippen molar-refractivity contribution in [1.29, 1.82) is 0 Å². The number of carbonyl (C=O) groups is 1. The van der Waals surface area contributed by atoms with Gasteiger partial charge in [-0.3, -0.25) is 4.79 Å². The molecule has 18 heavy (non-hydrogen) atoms. The van der Waals surface area contributed by atoms with Crippen LogP contribution in [0.3, 0.4) is 0 Å². The quantitative estimate of drug-likeness (QED) is 0.831. The molecule has 1 heterocycles. The van der Waals surface area contributed by atoms with E-state index in [0.29, 0.717) is 0 Å². The second-order valence-corrected chi connectivity index (χ2v) is 6.33. The third-order valence-corrected chi connectivity index (χ3v) is 4.40. The number of rotatable bonds is 2. The van der Waals surface area contributed by atoms with Gasteiger partial charge in [-0.2, -0.15) is 0 Å². The van der Waals surface area contributed by atoms with Crippen molar-refractivity contribution in [3.05, 3.63) is 26.6 Å². The van der Waals surface area contributed by atoms with Crippen LogP contribution in [-0.4, -0.2) is 19.0 Å². The summed E-state index contributed by atoms with van der Waals surface area (Å²) in [6.45, 7) is 3.87. The Morgan fingerprint density at radius 2 is 1.83 bits per heavy atom. The molecule has 1 fully saturated rings. The molecule has 0 saturated carbocycles. The summed E-state index contributed by atoms with van der Waals surface area (Å²) in [6, 6.07) is 4.01. The van der Waals surface area contributed by atoms with Crippen LogP contribution in [0.15, 0.2) is 21.1 Å². The summed E-state index contributed by atoms with van der Waals surface area (Å²) in [7, 11) is 0. The van der Waals surface area contributed by atoms with Crippen molar-refractivity contribution < 1.29 is 4.79 Å². The Labute approximate surface area is 124 Å². The second kappa shape index (κ2) is 6.17. The molecule has 3 nitrogen and oxygen atoms in total. The molecule has 98 valence electrons. The molecule has 0 atom stereocenters. The summed E-state index contributed by atoms with van der Waals surface area (Å²) < 4.78 is 1.83. The third-order valence-electron chi connectivity index (χ3n) is 3.14. The highest BCUT2D eigenvalue weighted by atomic mass is 79.9. The second-order valence-electron chi connectivity index (χ2n) is 4.62. The van der Waals surface area contributed by atoms with Crippen molar-refractivity contribution in [3.8, 4) is 0 Å². The van der Waals surface area contributed by atoms with Crippen molar-refractivity contribution >= 4 is 43.5 Å². The van der Waals surface area contributed by atoms with Crippen LogP contribution < -0.4 is 10.6 Å². The van der Waals surface area contributed by atoms with Gasteiger partial charge in [0, 0.05) is 14.9 Å². The maximum Gasteiger partial charge on any atom is 0.227 e. The van der Waals surface area contributed by atoms with E-state index in [1.54, 1.807) is 0 Å². The highest BCUT2D eigenvalue weighted by Gasteiger charge is 2.22. The zero-order valence-corrected chi connectivity index (χ0v) is 13.4. The zero-order valence-electron chi connectivity index (χ0n) is 10.2. The Morgan fingerprint density at radius 1 is 1.28 bits per heavy atom. The zero-order chi connectivity index (χ0) is 13.1. The van der Waals surface area contributed by atoms with Crippen molar-refractivity contribution in [2.75, 3.05) is 18.4 Å². The molecule has 1 aliphatic rings. The van der Waals surface area contributed by atoms with Gasteiger partial charge in [0.1, 0.15) is 0 Å². The lowest BCUT2D eigenvalue weighted by molar-refractivity contribution is -0.120. The number of nitrogens with one attached hydrogen (secondary N) is 2. The van der Waals surface area contributed by atoms with Gasteiger partial charge in [0.25, 0.3) is 0 Å². The third kappa shape index (κ3) is 3.33. The van der Waals surface area contributed by atoms with Crippen LogP contribution in [0.25, 0.3) is 0 Å². The summed E-state index contributed by atoms with van der Waals surface area (Å²) in [4.78, 5) is 12.2. The van der Waals surface area contributed by atoms with Crippen LogP contribution in [0.5, 0.6) is 0 Å². The molecule has 1 aliphatic heterocycles. The molecule has 0 radical (unpaired) electrons. The van der Waals surface area contributed by atoms with Gasteiger partial charge >= 0.3 is 0 Å². The minimum Gasteiger partial charge on any atom is -0.324 e. The van der Waals surface area contributed by atoms with Crippen molar-refractivity contribution in [2.24, 2.45) is 5.92 Å². The van der Waals surface area contributed by atoms with Crippen LogP contribution in [-0.2, 0) is 4.79 Å². The molecule has 1 amide bonds. The van der Waals surface area contributed by atoms with Gasteiger partial charge in [0.15, 0.2) is 0 Å². The van der Waals surface area contributed by atoms with Gasteiger partial charge in [-0.15, -0.1) is 0 Å². The first-order valence-corrected chi connectivity index (χ1v) is 7.64. The van der Waals surface area contributed by atoms with Crippen molar-refractivity contribution in [1.82, 2.24) is 5.32 Å². The van der Waals surface area contributed by atoms with Crippen LogP contribution in [0.4, 0.5) is 5.69 Å². The van der Waals surface area contributed by atoms with E-state index in [1.165, 1.54) is 0 Å². The first kappa shape index (κ1) is 14.0. The number of benzene rings is 1. The van der Waals surface area contributed by atoms with Crippen molar-refractivity contribution in [3.63, 3.8) is 0 Å². The van der Waals surface area contributed by atoms with E-state index in [1.807, 2.05) is 19.1 Å². The predicted octanol–water partition coefficient (Wildman–Crippen LogP) is 3.46. The number of aryl methyl sites for hydroxylation is 1.